The molecule has 6 heteroatoms. The van der Waals surface area contributed by atoms with Crippen LogP contribution >= 0.6 is 0 Å². The van der Waals surface area contributed by atoms with E-state index in [-0.39, 0.29) is 12.1 Å². The molecular weight excluding hydrogens is 268 g/mol. The molecule has 116 valence electrons. The Balaban J connectivity index is 2.09. The Kier molecular flexibility index (Phi) is 4.25. The summed E-state index contributed by atoms with van der Waals surface area (Å²) in [6.07, 6.45) is 6.16. The number of hydrogen-bond acceptors (Lipinski definition) is 4. The van der Waals surface area contributed by atoms with Crippen LogP contribution in [0.4, 0.5) is 10.5 Å². The largest absolute Gasteiger partial charge is 0.444 e. The van der Waals surface area contributed by atoms with Crippen molar-refractivity contribution in [1.29, 1.82) is 0 Å². The maximum absolute atomic E-state index is 11.8. The number of allylic oxidation sites excluding steroid dienone is 1. The zero-order valence-corrected chi connectivity index (χ0v) is 13.1. The minimum atomic E-state index is -0.488. The summed E-state index contributed by atoms with van der Waals surface area (Å²) >= 11 is 0. The molecule has 1 unspecified atom stereocenters. The van der Waals surface area contributed by atoms with Crippen LogP contribution in [0.3, 0.4) is 0 Å². The van der Waals surface area contributed by atoms with E-state index in [0.717, 1.165) is 30.5 Å². The molecule has 0 saturated heterocycles. The number of alkyl carbamates (subject to hydrolysis) is 1. The van der Waals surface area contributed by atoms with E-state index >= 15 is 0 Å². The normalized spacial score (nSPS) is 19.0. The second-order valence-corrected chi connectivity index (χ2v) is 6.41. The molecule has 1 amide bonds. The van der Waals surface area contributed by atoms with Gasteiger partial charge >= 0.3 is 6.09 Å². The average molecular weight is 292 g/mol. The molecule has 0 fully saturated rings. The molecule has 0 radical (unpaired) electrons. The van der Waals surface area contributed by atoms with E-state index in [2.05, 4.69) is 16.5 Å². The molecule has 3 N–H and O–H groups in total. The standard InChI is InChI=1S/C15H24N4O2/c1-15(2,3)21-14(20)18-11-7-5-6-10(8-11)13-12(16)9-17-19(13)4/h8-9,11H,5-7,16H2,1-4H3,(H,18,20). The number of aryl methyl sites for hydroxylation is 1. The Hall–Kier alpha value is -1.98. The van der Waals surface area contributed by atoms with Crippen LogP contribution in [0.1, 0.15) is 45.7 Å². The van der Waals surface area contributed by atoms with Crippen molar-refractivity contribution in [3.63, 3.8) is 0 Å². The van der Waals surface area contributed by atoms with Crippen molar-refractivity contribution in [1.82, 2.24) is 15.1 Å². The number of amides is 1. The number of carbonyl (C=O) groups excluding carboxylic acids is 1. The van der Waals surface area contributed by atoms with Crippen molar-refractivity contribution in [3.8, 4) is 0 Å². The number of nitrogens with one attached hydrogen (secondary N) is 1. The van der Waals surface area contributed by atoms with Crippen molar-refractivity contribution in [3.05, 3.63) is 18.0 Å². The molecule has 1 aromatic heterocycles. The SMILES string of the molecule is Cn1ncc(N)c1C1=CC(NC(=O)OC(C)(C)C)CCC1. The van der Waals surface area contributed by atoms with Gasteiger partial charge in [-0.15, -0.1) is 0 Å². The first-order valence-corrected chi connectivity index (χ1v) is 7.24. The summed E-state index contributed by atoms with van der Waals surface area (Å²) in [5.74, 6) is 0. The molecule has 0 saturated carbocycles. The van der Waals surface area contributed by atoms with Gasteiger partial charge in [-0.25, -0.2) is 4.79 Å². The van der Waals surface area contributed by atoms with Crippen LogP contribution < -0.4 is 11.1 Å². The fraction of sp³-hybridized carbons (Fsp3) is 0.600. The lowest BCUT2D eigenvalue weighted by Crippen LogP contribution is -2.39. The average Bonchev–Trinajstić information content (AvgIpc) is 2.66. The molecule has 0 bridgehead atoms. The van der Waals surface area contributed by atoms with Gasteiger partial charge in [-0.2, -0.15) is 5.10 Å². The topological polar surface area (TPSA) is 82.2 Å². The zero-order valence-electron chi connectivity index (χ0n) is 13.1. The van der Waals surface area contributed by atoms with Gasteiger partial charge in [-0.1, -0.05) is 6.08 Å². The fourth-order valence-electron chi connectivity index (χ4n) is 2.54. The Morgan fingerprint density at radius 3 is 2.81 bits per heavy atom. The molecule has 0 spiro atoms. The first-order valence-electron chi connectivity index (χ1n) is 7.24. The molecule has 1 aliphatic rings. The summed E-state index contributed by atoms with van der Waals surface area (Å²) < 4.78 is 7.07. The van der Waals surface area contributed by atoms with Gasteiger partial charge in [-0.3, -0.25) is 4.68 Å². The molecule has 0 aliphatic heterocycles. The van der Waals surface area contributed by atoms with E-state index in [1.54, 1.807) is 10.9 Å². The van der Waals surface area contributed by atoms with E-state index in [1.165, 1.54) is 0 Å². The number of anilines is 1. The predicted octanol–water partition coefficient (Wildman–Crippen LogP) is 2.46. The summed E-state index contributed by atoms with van der Waals surface area (Å²) in [6.45, 7) is 5.56. The Bertz CT molecular complexity index is 535. The van der Waals surface area contributed by atoms with Gasteiger partial charge < -0.3 is 15.8 Å². The van der Waals surface area contributed by atoms with E-state index in [1.807, 2.05) is 27.8 Å². The number of rotatable bonds is 2. The van der Waals surface area contributed by atoms with Crippen LogP contribution in [0.5, 0.6) is 0 Å². The third-order valence-corrected chi connectivity index (χ3v) is 3.34. The summed E-state index contributed by atoms with van der Waals surface area (Å²) in [7, 11) is 1.87. The Morgan fingerprint density at radius 1 is 1.52 bits per heavy atom. The van der Waals surface area contributed by atoms with Gasteiger partial charge in [0.15, 0.2) is 0 Å². The maximum Gasteiger partial charge on any atom is 0.408 e. The highest BCUT2D eigenvalue weighted by Crippen LogP contribution is 2.30. The lowest BCUT2D eigenvalue weighted by Gasteiger charge is -2.25. The minimum Gasteiger partial charge on any atom is -0.444 e. The van der Waals surface area contributed by atoms with Crippen LogP contribution in [0.15, 0.2) is 12.3 Å². The second-order valence-electron chi connectivity index (χ2n) is 6.41. The molecule has 1 atom stereocenters. The molecular formula is C15H24N4O2. The number of nitrogens with two attached hydrogens (primary N) is 1. The third-order valence-electron chi connectivity index (χ3n) is 3.34. The number of nitrogen functional groups attached to an aromatic ring is 1. The van der Waals surface area contributed by atoms with Crippen LogP contribution in [-0.4, -0.2) is 27.5 Å². The van der Waals surface area contributed by atoms with E-state index in [9.17, 15) is 4.79 Å². The highest BCUT2D eigenvalue weighted by molar-refractivity contribution is 5.74. The quantitative estimate of drug-likeness (QED) is 0.877. The molecule has 21 heavy (non-hydrogen) atoms. The van der Waals surface area contributed by atoms with E-state index in [4.69, 9.17) is 10.5 Å². The van der Waals surface area contributed by atoms with Crippen LogP contribution in [0.25, 0.3) is 5.57 Å². The van der Waals surface area contributed by atoms with Gasteiger partial charge in [0.1, 0.15) is 5.60 Å². The molecule has 2 rings (SSSR count). The lowest BCUT2D eigenvalue weighted by molar-refractivity contribution is 0.0511. The third kappa shape index (κ3) is 4.00. The molecule has 0 aromatic carbocycles. The van der Waals surface area contributed by atoms with Gasteiger partial charge in [0, 0.05) is 7.05 Å². The number of aromatic nitrogens is 2. The number of hydrogen-bond donors (Lipinski definition) is 2. The van der Waals surface area contributed by atoms with Crippen LogP contribution in [-0.2, 0) is 11.8 Å². The Labute approximate surface area is 125 Å². The Morgan fingerprint density at radius 2 is 2.24 bits per heavy atom. The van der Waals surface area contributed by atoms with E-state index < -0.39 is 5.60 Å². The van der Waals surface area contributed by atoms with Crippen molar-refractivity contribution >= 4 is 17.4 Å². The summed E-state index contributed by atoms with van der Waals surface area (Å²) in [5, 5.41) is 7.06. The number of ether oxygens (including phenoxy) is 1. The second kappa shape index (κ2) is 5.79. The molecule has 1 aliphatic carbocycles. The minimum absolute atomic E-state index is 0.0297. The zero-order chi connectivity index (χ0) is 15.6. The van der Waals surface area contributed by atoms with Gasteiger partial charge in [0.05, 0.1) is 23.6 Å². The predicted molar refractivity (Wildman–Crippen MR) is 82.6 cm³/mol. The van der Waals surface area contributed by atoms with Gasteiger partial charge in [0.2, 0.25) is 0 Å². The molecule has 6 nitrogen and oxygen atoms in total. The lowest BCUT2D eigenvalue weighted by atomic mass is 9.93. The fourth-order valence-corrected chi connectivity index (χ4v) is 2.54. The van der Waals surface area contributed by atoms with Gasteiger partial charge in [-0.05, 0) is 45.6 Å². The number of nitrogens with zero attached hydrogens (tertiary/aromatic N) is 2. The first kappa shape index (κ1) is 15.4. The maximum atomic E-state index is 11.8. The summed E-state index contributed by atoms with van der Waals surface area (Å²) in [6, 6.07) is -0.0297. The van der Waals surface area contributed by atoms with Crippen LogP contribution in [0.2, 0.25) is 0 Å². The summed E-state index contributed by atoms with van der Waals surface area (Å²) in [5.41, 5.74) is 8.21. The smallest absolute Gasteiger partial charge is 0.408 e. The first-order chi connectivity index (χ1) is 9.76. The molecule has 1 aromatic rings. The molecule has 1 heterocycles. The van der Waals surface area contributed by atoms with Crippen molar-refractivity contribution in [2.24, 2.45) is 7.05 Å². The highest BCUT2D eigenvalue weighted by Gasteiger charge is 2.22. The van der Waals surface area contributed by atoms with Crippen molar-refractivity contribution < 1.29 is 9.53 Å². The van der Waals surface area contributed by atoms with Crippen molar-refractivity contribution in [2.45, 2.75) is 51.7 Å². The monoisotopic (exact) mass is 292 g/mol. The van der Waals surface area contributed by atoms with Crippen molar-refractivity contribution in [2.75, 3.05) is 5.73 Å². The van der Waals surface area contributed by atoms with E-state index in [0.29, 0.717) is 5.69 Å². The number of carbonyl (C=O) groups is 1. The van der Waals surface area contributed by atoms with Gasteiger partial charge in [0.25, 0.3) is 0 Å². The highest BCUT2D eigenvalue weighted by atomic mass is 16.6. The summed E-state index contributed by atoms with van der Waals surface area (Å²) in [4.78, 5) is 11.8. The van der Waals surface area contributed by atoms with Crippen LogP contribution in [0, 0.1) is 0 Å².